The summed E-state index contributed by atoms with van der Waals surface area (Å²) in [6.07, 6.45) is 0. The van der Waals surface area contributed by atoms with Crippen molar-refractivity contribution >= 4 is 89.3 Å². The number of aromatic nitrogens is 20. The van der Waals surface area contributed by atoms with Gasteiger partial charge in [0.1, 0.15) is 78.2 Å². The van der Waals surface area contributed by atoms with Gasteiger partial charge in [-0.15, -0.1) is 60.0 Å². The molecule has 0 unspecified atom stereocenters. The minimum Gasteiger partial charge on any atom is -0.323 e. The van der Waals surface area contributed by atoms with E-state index in [1.165, 1.54) is 0 Å². The quantitative estimate of drug-likeness (QED) is 0.167. The van der Waals surface area contributed by atoms with E-state index < -0.39 is 21.7 Å². The number of rotatable bonds is 4. The highest BCUT2D eigenvalue weighted by Crippen LogP contribution is 2.45. The summed E-state index contributed by atoms with van der Waals surface area (Å²) in [5.41, 5.74) is 10.4. The number of aromatic amines is 2. The van der Waals surface area contributed by atoms with Crippen molar-refractivity contribution in [3.8, 4) is 11.4 Å². The van der Waals surface area contributed by atoms with Gasteiger partial charge in [0, 0.05) is 22.3 Å². The van der Waals surface area contributed by atoms with Crippen LogP contribution in [0.4, 0.5) is 0 Å². The number of H-pyrrole nitrogens is 2. The molecule has 2 N–H and O–H groups in total. The van der Waals surface area contributed by atoms with E-state index in [-0.39, 0.29) is 0 Å². The highest BCUT2D eigenvalue weighted by atomic mass is 15.5. The van der Waals surface area contributed by atoms with Gasteiger partial charge in [-0.3, -0.25) is 0 Å². The Balaban J connectivity index is 1.27. The van der Waals surface area contributed by atoms with Crippen molar-refractivity contribution in [2.75, 3.05) is 0 Å². The van der Waals surface area contributed by atoms with Crippen LogP contribution < -0.4 is 0 Å². The summed E-state index contributed by atoms with van der Waals surface area (Å²) in [5, 5.41) is 40.6. The van der Waals surface area contributed by atoms with Gasteiger partial charge >= 0.3 is 0 Å². The molecule has 0 aliphatic carbocycles. The Morgan fingerprint density at radius 2 is 0.539 bits per heavy atom. The molecule has 0 saturated heterocycles. The number of allylic oxidation sites excluding steroid dienone is 2. The van der Waals surface area contributed by atoms with E-state index in [9.17, 15) is 0 Å². The molecule has 0 saturated carbocycles. The number of hydrogen-bond donors (Lipinski definition) is 2. The summed E-state index contributed by atoms with van der Waals surface area (Å²) in [5.74, 6) is 1.40. The highest BCUT2D eigenvalue weighted by Gasteiger charge is 2.39. The van der Waals surface area contributed by atoms with E-state index in [0.717, 1.165) is 22.3 Å². The van der Waals surface area contributed by atoms with Crippen molar-refractivity contribution in [2.24, 2.45) is 10.8 Å². The normalized spacial score (nSPS) is 13.9. The van der Waals surface area contributed by atoms with Gasteiger partial charge in [-0.25, -0.2) is 29.9 Å². The molecular formula is C56H54N20. The molecule has 0 fully saturated rings. The number of fused-ring (bicyclic) bond motifs is 12. The first-order valence-corrected chi connectivity index (χ1v) is 25.3. The average molecular weight is 1010 g/mol. The maximum Gasteiger partial charge on any atom is 0.184 e. The largest absolute Gasteiger partial charge is 0.323 e. The zero-order chi connectivity index (χ0) is 52.8. The summed E-state index contributed by atoms with van der Waals surface area (Å²) in [4.78, 5) is 47.0. The monoisotopic (exact) mass is 1010 g/mol. The van der Waals surface area contributed by atoms with Crippen LogP contribution in [0.15, 0.2) is 97.1 Å². The van der Waals surface area contributed by atoms with Crippen molar-refractivity contribution in [1.29, 1.82) is 0 Å². The van der Waals surface area contributed by atoms with E-state index in [4.69, 9.17) is 70.7 Å². The standard InChI is InChI=1S/C56H54N20/c1-53(2,3)37-41(73-65-29-21-13-14-22-30(29)66-73)49-57-45(37)61-50-42(74-67-31-23-15-16-24-32(31)68-74)38(54(4,5)6)47(58-50)63-52-44(76-71-35-27-19-20-28-36(35)72-76)40(56(10,11)12)48(60-52)64-51-43(39(55(7,8)9)46(59-51)62-49)75-69-33-25-17-18-26-34(33)70-75/h13-28H,1-12H3,(H2,57,58,59,60,61,62,63,64). The van der Waals surface area contributed by atoms with Gasteiger partial charge in [0.05, 0.1) is 0 Å². The Hall–Kier alpha value is -9.20. The van der Waals surface area contributed by atoms with Gasteiger partial charge in [0.15, 0.2) is 34.6 Å². The summed E-state index contributed by atoms with van der Waals surface area (Å²) >= 11 is 0. The van der Waals surface area contributed by atoms with Crippen molar-refractivity contribution < 1.29 is 0 Å². The van der Waals surface area contributed by atoms with Crippen LogP contribution in [0, 0.1) is 10.8 Å². The molecule has 0 amide bonds. The third-order valence-electron chi connectivity index (χ3n) is 13.5. The molecule has 8 bridgehead atoms. The minimum absolute atomic E-state index is 0.319. The number of benzene rings is 4. The molecular weight excluding hydrogens is 953 g/mol. The molecule has 76 heavy (non-hydrogen) atoms. The first-order chi connectivity index (χ1) is 36.2. The van der Waals surface area contributed by atoms with Gasteiger partial charge in [-0.1, -0.05) is 132 Å². The molecule has 378 valence electrons. The van der Waals surface area contributed by atoms with E-state index in [0.29, 0.717) is 113 Å². The first kappa shape index (κ1) is 46.6. The predicted molar refractivity (Wildman–Crippen MR) is 293 cm³/mol. The molecule has 4 aromatic carbocycles. The Bertz CT molecular complexity index is 4050. The van der Waals surface area contributed by atoms with Crippen molar-refractivity contribution in [1.82, 2.24) is 99.8 Å². The molecule has 7 aromatic heterocycles. The maximum absolute atomic E-state index is 5.56. The maximum atomic E-state index is 5.56. The van der Waals surface area contributed by atoms with E-state index in [1.54, 1.807) is 19.2 Å². The fourth-order valence-corrected chi connectivity index (χ4v) is 10.3. The van der Waals surface area contributed by atoms with Crippen LogP contribution in [0.2, 0.25) is 0 Å². The molecule has 20 heteroatoms. The van der Waals surface area contributed by atoms with Gasteiger partial charge in [0.2, 0.25) is 0 Å². The van der Waals surface area contributed by atoms with Gasteiger partial charge < -0.3 is 9.97 Å². The smallest absolute Gasteiger partial charge is 0.184 e. The first-order valence-electron chi connectivity index (χ1n) is 25.3. The molecule has 13 rings (SSSR count). The lowest BCUT2D eigenvalue weighted by atomic mass is 9.85. The van der Waals surface area contributed by atoms with Crippen LogP contribution in [0.1, 0.15) is 118 Å². The van der Waals surface area contributed by atoms with Crippen LogP contribution in [0.5, 0.6) is 0 Å². The number of nitrogens with one attached hydrogen (secondary N) is 2. The Morgan fingerprint density at radius 1 is 0.289 bits per heavy atom. The number of hydrogen-bond acceptors (Lipinski definition) is 14. The Kier molecular flexibility index (Phi) is 9.90. The predicted octanol–water partition coefficient (Wildman–Crippen LogP) is 10.4. The molecule has 0 radical (unpaired) electrons. The summed E-state index contributed by atoms with van der Waals surface area (Å²) in [6.45, 7) is 25.5. The van der Waals surface area contributed by atoms with Crippen LogP contribution in [-0.2, 0) is 10.8 Å². The van der Waals surface area contributed by atoms with Crippen molar-refractivity contribution in [2.45, 2.75) is 93.9 Å². The Labute approximate surface area is 435 Å². The SMILES string of the molecule is CC(C)(C)C1=C(n2nc3ccccc3n2)c2nc1nc1[nH]c(nc3nc(nc4[nH]c(n2)c(C(C)(C)C)c4-n2nc4ccccc4n2)C(C(C)(C)C)=C3n2nc3ccccc3n2)c(C(C)(C)C)c1-n1nc2ccccc2n1. The third kappa shape index (κ3) is 7.56. The van der Waals surface area contributed by atoms with Crippen LogP contribution in [0.3, 0.4) is 0 Å². The van der Waals surface area contributed by atoms with Crippen molar-refractivity contribution in [3.05, 3.63) is 131 Å². The van der Waals surface area contributed by atoms with Crippen LogP contribution >= 0.6 is 0 Å². The molecule has 2 aliphatic heterocycles. The highest BCUT2D eigenvalue weighted by molar-refractivity contribution is 5.95. The zero-order valence-electron chi connectivity index (χ0n) is 44.3. The Morgan fingerprint density at radius 3 is 0.789 bits per heavy atom. The average Bonchev–Trinajstić information content (AvgIpc) is 4.22. The second kappa shape index (κ2) is 16.1. The second-order valence-corrected chi connectivity index (χ2v) is 23.4. The van der Waals surface area contributed by atoms with E-state index >= 15 is 0 Å². The fraction of sp³-hybridized carbons (Fsp3) is 0.286. The van der Waals surface area contributed by atoms with Gasteiger partial charge in [-0.2, -0.15) is 0 Å². The van der Waals surface area contributed by atoms with Crippen LogP contribution in [-0.4, -0.2) is 99.8 Å². The molecule has 9 heterocycles. The molecule has 0 spiro atoms. The lowest BCUT2D eigenvalue weighted by Gasteiger charge is -2.21. The third-order valence-corrected chi connectivity index (χ3v) is 13.5. The lowest BCUT2D eigenvalue weighted by molar-refractivity contribution is 0.561. The van der Waals surface area contributed by atoms with E-state index in [2.05, 4.69) is 93.1 Å². The molecule has 11 aromatic rings. The summed E-state index contributed by atoms with van der Waals surface area (Å²) < 4.78 is 0. The molecule has 2 aliphatic rings. The van der Waals surface area contributed by atoms with Gasteiger partial charge in [0.25, 0.3) is 0 Å². The van der Waals surface area contributed by atoms with E-state index in [1.807, 2.05) is 97.1 Å². The summed E-state index contributed by atoms with van der Waals surface area (Å²) in [7, 11) is 0. The molecule has 20 nitrogen and oxygen atoms in total. The summed E-state index contributed by atoms with van der Waals surface area (Å²) in [6, 6.07) is 31.1. The fourth-order valence-electron chi connectivity index (χ4n) is 10.3. The topological polar surface area (TPSA) is 232 Å². The van der Waals surface area contributed by atoms with Crippen LogP contribution in [0.25, 0.3) is 101 Å². The second-order valence-electron chi connectivity index (χ2n) is 23.4. The molecule has 0 atom stereocenters. The zero-order valence-corrected chi connectivity index (χ0v) is 44.3. The lowest BCUT2D eigenvalue weighted by Crippen LogP contribution is -2.16. The minimum atomic E-state index is -0.607. The van der Waals surface area contributed by atoms with Gasteiger partial charge in [-0.05, 0) is 70.2 Å². The van der Waals surface area contributed by atoms with Crippen molar-refractivity contribution in [3.63, 3.8) is 0 Å². The number of nitrogens with zero attached hydrogens (tertiary/aromatic N) is 18.